The molecule has 0 aromatic heterocycles. The van der Waals surface area contributed by atoms with Gasteiger partial charge in [0.25, 0.3) is 0 Å². The van der Waals surface area contributed by atoms with Gasteiger partial charge in [-0.25, -0.2) is 0 Å². The molecule has 2 aromatic rings. The fourth-order valence-electron chi connectivity index (χ4n) is 4.54. The van der Waals surface area contributed by atoms with E-state index >= 15 is 0 Å². The second kappa shape index (κ2) is 14.3. The SMILES string of the molecule is CCCCCCCCCCCCCCCCN1c2ccc(Br)cc2Oc2cc(Br)ccc21. The van der Waals surface area contributed by atoms with E-state index in [1.807, 2.05) is 0 Å². The molecule has 4 heteroatoms. The van der Waals surface area contributed by atoms with Crippen molar-refractivity contribution in [2.75, 3.05) is 11.4 Å². The molecule has 0 amide bonds. The maximum absolute atomic E-state index is 6.19. The Hall–Kier alpha value is -1.00. The molecule has 0 N–H and O–H groups in total. The lowest BCUT2D eigenvalue weighted by molar-refractivity contribution is 0.471. The first-order chi connectivity index (χ1) is 15.7. The average molecular weight is 565 g/mol. The summed E-state index contributed by atoms with van der Waals surface area (Å²) in [5.41, 5.74) is 2.33. The van der Waals surface area contributed by atoms with Crippen LogP contribution in [0.3, 0.4) is 0 Å². The number of hydrogen-bond acceptors (Lipinski definition) is 2. The molecule has 2 nitrogen and oxygen atoms in total. The van der Waals surface area contributed by atoms with Gasteiger partial charge in [0.15, 0.2) is 11.5 Å². The lowest BCUT2D eigenvalue weighted by Crippen LogP contribution is -2.22. The second-order valence-corrected chi connectivity index (χ2v) is 10.9. The lowest BCUT2D eigenvalue weighted by atomic mass is 10.0. The van der Waals surface area contributed by atoms with Crippen LogP contribution in [0, 0.1) is 0 Å². The predicted octanol–water partition coefficient (Wildman–Crippen LogP) is 10.9. The number of anilines is 2. The smallest absolute Gasteiger partial charge is 0.152 e. The molecule has 0 unspecified atom stereocenters. The Morgan fingerprint density at radius 3 is 1.44 bits per heavy atom. The monoisotopic (exact) mass is 563 g/mol. The van der Waals surface area contributed by atoms with Crippen LogP contribution in [0.5, 0.6) is 11.5 Å². The molecule has 0 saturated heterocycles. The summed E-state index contributed by atoms with van der Waals surface area (Å²) in [5, 5.41) is 0. The first kappa shape index (κ1) is 25.6. The summed E-state index contributed by atoms with van der Waals surface area (Å²) in [4.78, 5) is 2.42. The van der Waals surface area contributed by atoms with Gasteiger partial charge in [-0.2, -0.15) is 0 Å². The van der Waals surface area contributed by atoms with Crippen molar-refractivity contribution in [2.24, 2.45) is 0 Å². The van der Waals surface area contributed by atoms with Crippen molar-refractivity contribution in [1.29, 1.82) is 0 Å². The van der Waals surface area contributed by atoms with Gasteiger partial charge in [-0.1, -0.05) is 122 Å². The normalized spacial score (nSPS) is 12.4. The molecule has 1 aliphatic rings. The molecule has 0 aliphatic carbocycles. The molecule has 2 aromatic carbocycles. The number of benzene rings is 2. The topological polar surface area (TPSA) is 12.5 Å². The Morgan fingerprint density at radius 2 is 1.00 bits per heavy atom. The first-order valence-electron chi connectivity index (χ1n) is 12.7. The number of ether oxygens (including phenoxy) is 1. The minimum absolute atomic E-state index is 0.926. The molecular weight excluding hydrogens is 526 g/mol. The van der Waals surface area contributed by atoms with E-state index in [0.717, 1.165) is 38.4 Å². The van der Waals surface area contributed by atoms with E-state index in [2.05, 4.69) is 80.1 Å². The highest BCUT2D eigenvalue weighted by molar-refractivity contribution is 9.10. The van der Waals surface area contributed by atoms with Gasteiger partial charge < -0.3 is 9.64 Å². The summed E-state index contributed by atoms with van der Waals surface area (Å²) in [6.45, 7) is 3.32. The maximum Gasteiger partial charge on any atom is 0.152 e. The van der Waals surface area contributed by atoms with Gasteiger partial charge in [-0.15, -0.1) is 0 Å². The molecule has 3 rings (SSSR count). The molecule has 0 atom stereocenters. The van der Waals surface area contributed by atoms with Crippen molar-refractivity contribution in [2.45, 2.75) is 96.8 Å². The Kier molecular flexibility index (Phi) is 11.5. The van der Waals surface area contributed by atoms with Crippen LogP contribution in [0.15, 0.2) is 45.3 Å². The molecule has 0 spiro atoms. The quantitative estimate of drug-likeness (QED) is 0.199. The van der Waals surface area contributed by atoms with Crippen LogP contribution in [-0.2, 0) is 0 Å². The predicted molar refractivity (Wildman–Crippen MR) is 146 cm³/mol. The summed E-state index contributed by atoms with van der Waals surface area (Å²) in [6, 6.07) is 12.7. The van der Waals surface area contributed by atoms with Crippen molar-refractivity contribution < 1.29 is 4.74 Å². The van der Waals surface area contributed by atoms with Crippen molar-refractivity contribution in [1.82, 2.24) is 0 Å². The van der Waals surface area contributed by atoms with Crippen LogP contribution < -0.4 is 9.64 Å². The molecule has 0 saturated carbocycles. The van der Waals surface area contributed by atoms with Crippen LogP contribution >= 0.6 is 31.9 Å². The molecule has 0 bridgehead atoms. The first-order valence-corrected chi connectivity index (χ1v) is 14.3. The second-order valence-electron chi connectivity index (χ2n) is 9.07. The van der Waals surface area contributed by atoms with Crippen molar-refractivity contribution >= 4 is 43.2 Å². The Bertz CT molecular complexity index is 772. The number of unbranched alkanes of at least 4 members (excludes halogenated alkanes) is 13. The van der Waals surface area contributed by atoms with Crippen LogP contribution in [0.4, 0.5) is 11.4 Å². The minimum Gasteiger partial charge on any atom is -0.453 e. The van der Waals surface area contributed by atoms with Crippen molar-refractivity contribution in [3.63, 3.8) is 0 Å². The van der Waals surface area contributed by atoms with Gasteiger partial charge in [-0.3, -0.25) is 0 Å². The Balaban J connectivity index is 1.33. The van der Waals surface area contributed by atoms with E-state index in [1.165, 1.54) is 89.9 Å². The number of halogens is 2. The Morgan fingerprint density at radius 1 is 0.594 bits per heavy atom. The van der Waals surface area contributed by atoms with E-state index in [-0.39, 0.29) is 0 Å². The third kappa shape index (κ3) is 8.09. The zero-order valence-corrected chi connectivity index (χ0v) is 22.9. The number of nitrogens with zero attached hydrogens (tertiary/aromatic N) is 1. The highest BCUT2D eigenvalue weighted by atomic mass is 79.9. The highest BCUT2D eigenvalue weighted by Crippen LogP contribution is 2.48. The van der Waals surface area contributed by atoms with Gasteiger partial charge in [0, 0.05) is 15.5 Å². The number of fused-ring (bicyclic) bond motifs is 2. The standard InChI is InChI=1S/C28H39Br2NO/c1-2-3-4-5-6-7-8-9-10-11-12-13-14-15-20-31-25-18-16-23(29)21-27(25)32-28-22-24(30)17-19-26(28)31/h16-19,21-22H,2-15,20H2,1H3. The Labute approximate surface area is 212 Å². The van der Waals surface area contributed by atoms with Crippen LogP contribution in [0.2, 0.25) is 0 Å². The van der Waals surface area contributed by atoms with Gasteiger partial charge in [0.1, 0.15) is 0 Å². The zero-order valence-electron chi connectivity index (χ0n) is 19.7. The fourth-order valence-corrected chi connectivity index (χ4v) is 5.22. The average Bonchev–Trinajstić information content (AvgIpc) is 2.78. The van der Waals surface area contributed by atoms with Gasteiger partial charge in [0.2, 0.25) is 0 Å². The molecule has 0 radical (unpaired) electrons. The molecular formula is C28H39Br2NO. The third-order valence-electron chi connectivity index (χ3n) is 6.38. The minimum atomic E-state index is 0.926. The van der Waals surface area contributed by atoms with Crippen LogP contribution in [0.25, 0.3) is 0 Å². The molecule has 176 valence electrons. The van der Waals surface area contributed by atoms with E-state index in [9.17, 15) is 0 Å². The van der Waals surface area contributed by atoms with Crippen molar-refractivity contribution in [3.8, 4) is 11.5 Å². The number of hydrogen-bond donors (Lipinski definition) is 0. The van der Waals surface area contributed by atoms with E-state index in [4.69, 9.17) is 4.74 Å². The number of rotatable bonds is 15. The molecule has 32 heavy (non-hydrogen) atoms. The van der Waals surface area contributed by atoms with Crippen LogP contribution in [0.1, 0.15) is 96.8 Å². The van der Waals surface area contributed by atoms with Gasteiger partial charge in [0.05, 0.1) is 11.4 Å². The molecule has 0 fully saturated rings. The summed E-state index contributed by atoms with van der Waals surface area (Å²) in [6.07, 6.45) is 19.5. The van der Waals surface area contributed by atoms with E-state index in [1.54, 1.807) is 0 Å². The molecule has 1 heterocycles. The zero-order chi connectivity index (χ0) is 22.6. The maximum atomic E-state index is 6.19. The summed E-state index contributed by atoms with van der Waals surface area (Å²) >= 11 is 7.15. The van der Waals surface area contributed by atoms with Crippen molar-refractivity contribution in [3.05, 3.63) is 45.3 Å². The third-order valence-corrected chi connectivity index (χ3v) is 7.37. The van der Waals surface area contributed by atoms with Gasteiger partial charge >= 0.3 is 0 Å². The lowest BCUT2D eigenvalue weighted by Gasteiger charge is -2.33. The van der Waals surface area contributed by atoms with Gasteiger partial charge in [-0.05, 0) is 42.8 Å². The largest absolute Gasteiger partial charge is 0.453 e. The summed E-state index contributed by atoms with van der Waals surface area (Å²) in [7, 11) is 0. The fraction of sp³-hybridized carbons (Fsp3) is 0.571. The van der Waals surface area contributed by atoms with E-state index < -0.39 is 0 Å². The highest BCUT2D eigenvalue weighted by Gasteiger charge is 2.24. The molecule has 1 aliphatic heterocycles. The summed E-state index contributed by atoms with van der Waals surface area (Å²) in [5.74, 6) is 1.85. The van der Waals surface area contributed by atoms with E-state index in [0.29, 0.717) is 0 Å². The van der Waals surface area contributed by atoms with Crippen LogP contribution in [-0.4, -0.2) is 6.54 Å². The summed E-state index contributed by atoms with van der Waals surface area (Å²) < 4.78 is 8.29.